The van der Waals surface area contributed by atoms with Crippen molar-refractivity contribution in [3.05, 3.63) is 58.1 Å². The predicted octanol–water partition coefficient (Wildman–Crippen LogP) is 3.80. The number of sulfonamides is 1. The highest BCUT2D eigenvalue weighted by Crippen LogP contribution is 2.26. The monoisotopic (exact) mass is 418 g/mol. The van der Waals surface area contributed by atoms with Crippen LogP contribution in [0, 0.1) is 20.8 Å². The number of hydrogen-bond donors (Lipinski definition) is 2. The molecule has 2 N–H and O–H groups in total. The minimum Gasteiger partial charge on any atom is -0.495 e. The van der Waals surface area contributed by atoms with Gasteiger partial charge in [-0.1, -0.05) is 12.1 Å². The molecule has 0 heterocycles. The maximum absolute atomic E-state index is 12.8. The maximum Gasteiger partial charge on any atom is 0.251 e. The van der Waals surface area contributed by atoms with Crippen LogP contribution < -0.4 is 14.8 Å². The minimum atomic E-state index is -3.81. The first kappa shape index (κ1) is 22.9. The minimum absolute atomic E-state index is 0.0589. The Morgan fingerprint density at radius 3 is 2.17 bits per heavy atom. The summed E-state index contributed by atoms with van der Waals surface area (Å²) in [5.74, 6) is -0.161. The fraction of sp³-hybridized carbons (Fsp3) is 0.409. The normalized spacial score (nSPS) is 12.7. The molecule has 0 aliphatic rings. The third-order valence-corrected chi connectivity index (χ3v) is 6.48. The van der Waals surface area contributed by atoms with E-state index < -0.39 is 10.0 Å². The van der Waals surface area contributed by atoms with Crippen LogP contribution in [0.5, 0.6) is 5.75 Å². The van der Waals surface area contributed by atoms with Gasteiger partial charge in [-0.3, -0.25) is 4.79 Å². The average Bonchev–Trinajstić information content (AvgIpc) is 2.62. The van der Waals surface area contributed by atoms with Gasteiger partial charge in [0.25, 0.3) is 5.91 Å². The van der Waals surface area contributed by atoms with Crippen molar-refractivity contribution in [3.8, 4) is 5.75 Å². The lowest BCUT2D eigenvalue weighted by molar-refractivity contribution is 0.0939. The second-order valence-corrected chi connectivity index (χ2v) is 9.31. The molecule has 0 bridgehead atoms. The van der Waals surface area contributed by atoms with Crippen LogP contribution in [0.25, 0.3) is 0 Å². The van der Waals surface area contributed by atoms with Crippen molar-refractivity contribution in [2.45, 2.75) is 58.5 Å². The van der Waals surface area contributed by atoms with E-state index in [1.807, 2.05) is 20.8 Å². The second-order valence-electron chi connectivity index (χ2n) is 7.63. The summed E-state index contributed by atoms with van der Waals surface area (Å²) in [5.41, 5.74) is 4.74. The van der Waals surface area contributed by atoms with Gasteiger partial charge < -0.3 is 10.1 Å². The SMILES string of the molecule is COc1ccc(C(=O)N[C@H](C)c2cc(C)c(C)cc2C)cc1S(=O)(=O)NC(C)C. The number of amides is 1. The van der Waals surface area contributed by atoms with Crippen molar-refractivity contribution in [1.82, 2.24) is 10.0 Å². The number of benzene rings is 2. The molecular weight excluding hydrogens is 388 g/mol. The number of methoxy groups -OCH3 is 1. The molecule has 0 fully saturated rings. The Bertz CT molecular complexity index is 1010. The van der Waals surface area contributed by atoms with E-state index >= 15 is 0 Å². The molecule has 6 nitrogen and oxygen atoms in total. The van der Waals surface area contributed by atoms with Gasteiger partial charge in [-0.05, 0) is 82.0 Å². The Kier molecular flexibility index (Phi) is 7.08. The highest BCUT2D eigenvalue weighted by atomic mass is 32.2. The summed E-state index contributed by atoms with van der Waals surface area (Å²) in [6, 6.07) is 8.07. The zero-order valence-electron chi connectivity index (χ0n) is 18.1. The van der Waals surface area contributed by atoms with Crippen molar-refractivity contribution < 1.29 is 17.9 Å². The average molecular weight is 419 g/mol. The van der Waals surface area contributed by atoms with Gasteiger partial charge in [0, 0.05) is 11.6 Å². The zero-order chi connectivity index (χ0) is 21.9. The van der Waals surface area contributed by atoms with Crippen LogP contribution in [-0.2, 0) is 10.0 Å². The van der Waals surface area contributed by atoms with Crippen LogP contribution in [0.1, 0.15) is 59.4 Å². The van der Waals surface area contributed by atoms with E-state index in [1.165, 1.54) is 24.8 Å². The molecule has 0 unspecified atom stereocenters. The first-order chi connectivity index (χ1) is 13.5. The molecular formula is C22H30N2O4S. The molecule has 0 aromatic heterocycles. The number of ether oxygens (including phenoxy) is 1. The van der Waals surface area contributed by atoms with E-state index in [1.54, 1.807) is 19.9 Å². The summed E-state index contributed by atoms with van der Waals surface area (Å²) in [6.07, 6.45) is 0. The topological polar surface area (TPSA) is 84.5 Å². The van der Waals surface area contributed by atoms with E-state index in [0.717, 1.165) is 16.7 Å². The van der Waals surface area contributed by atoms with Crippen LogP contribution in [-0.4, -0.2) is 27.5 Å². The highest BCUT2D eigenvalue weighted by Gasteiger charge is 2.23. The van der Waals surface area contributed by atoms with E-state index in [-0.39, 0.29) is 34.2 Å². The molecule has 0 aliphatic carbocycles. The number of aryl methyl sites for hydroxylation is 3. The fourth-order valence-electron chi connectivity index (χ4n) is 3.21. The maximum atomic E-state index is 12.8. The first-order valence-electron chi connectivity index (χ1n) is 9.55. The number of carbonyl (C=O) groups is 1. The number of carbonyl (C=O) groups excluding carboxylic acids is 1. The van der Waals surface area contributed by atoms with Crippen molar-refractivity contribution in [2.75, 3.05) is 7.11 Å². The molecule has 0 saturated heterocycles. The van der Waals surface area contributed by atoms with Crippen LogP contribution in [0.2, 0.25) is 0 Å². The van der Waals surface area contributed by atoms with Gasteiger partial charge in [-0.25, -0.2) is 13.1 Å². The number of hydrogen-bond acceptors (Lipinski definition) is 4. The van der Waals surface area contributed by atoms with Gasteiger partial charge in [-0.2, -0.15) is 0 Å². The quantitative estimate of drug-likeness (QED) is 0.716. The summed E-state index contributed by atoms with van der Waals surface area (Å²) < 4.78 is 33.0. The summed E-state index contributed by atoms with van der Waals surface area (Å²) in [6.45, 7) is 11.5. The standard InChI is InChI=1S/C22H30N2O4S/c1-13(2)24-29(26,27)21-12-18(8-9-20(21)28-7)22(25)23-17(6)19-11-15(4)14(3)10-16(19)5/h8-13,17,24H,1-7H3,(H,23,25)/t17-/m1/s1. The molecule has 2 aromatic carbocycles. The third-order valence-electron chi connectivity index (χ3n) is 4.80. The Labute approximate surface area is 173 Å². The van der Waals surface area contributed by atoms with Crippen LogP contribution >= 0.6 is 0 Å². The summed E-state index contributed by atoms with van der Waals surface area (Å²) >= 11 is 0. The summed E-state index contributed by atoms with van der Waals surface area (Å²) in [5, 5.41) is 2.96. The molecule has 1 amide bonds. The molecule has 1 atom stereocenters. The largest absolute Gasteiger partial charge is 0.495 e. The Morgan fingerprint density at radius 2 is 1.59 bits per heavy atom. The molecule has 158 valence electrons. The smallest absolute Gasteiger partial charge is 0.251 e. The molecule has 29 heavy (non-hydrogen) atoms. The lowest BCUT2D eigenvalue weighted by Crippen LogP contribution is -2.31. The number of rotatable bonds is 7. The van der Waals surface area contributed by atoms with E-state index in [4.69, 9.17) is 4.74 Å². The zero-order valence-corrected chi connectivity index (χ0v) is 18.9. The van der Waals surface area contributed by atoms with Gasteiger partial charge in [-0.15, -0.1) is 0 Å². The molecule has 7 heteroatoms. The Balaban J connectivity index is 2.34. The van der Waals surface area contributed by atoms with Crippen molar-refractivity contribution in [1.29, 1.82) is 0 Å². The van der Waals surface area contributed by atoms with Crippen molar-refractivity contribution >= 4 is 15.9 Å². The van der Waals surface area contributed by atoms with Crippen LogP contribution in [0.3, 0.4) is 0 Å². The van der Waals surface area contributed by atoms with Crippen LogP contribution in [0.15, 0.2) is 35.2 Å². The summed E-state index contributed by atoms with van der Waals surface area (Å²) in [4.78, 5) is 12.8. The van der Waals surface area contributed by atoms with E-state index in [2.05, 4.69) is 29.1 Å². The highest BCUT2D eigenvalue weighted by molar-refractivity contribution is 7.89. The van der Waals surface area contributed by atoms with Gasteiger partial charge in [0.05, 0.1) is 13.2 Å². The van der Waals surface area contributed by atoms with Gasteiger partial charge >= 0.3 is 0 Å². The summed E-state index contributed by atoms with van der Waals surface area (Å²) in [7, 11) is -2.41. The van der Waals surface area contributed by atoms with Crippen LogP contribution in [0.4, 0.5) is 0 Å². The Hall–Kier alpha value is -2.38. The number of nitrogens with one attached hydrogen (secondary N) is 2. The van der Waals surface area contributed by atoms with Crippen molar-refractivity contribution in [3.63, 3.8) is 0 Å². The van der Waals surface area contributed by atoms with Gasteiger partial charge in [0.1, 0.15) is 10.6 Å². The van der Waals surface area contributed by atoms with E-state index in [0.29, 0.717) is 0 Å². The van der Waals surface area contributed by atoms with Gasteiger partial charge in [0.2, 0.25) is 10.0 Å². The lowest BCUT2D eigenvalue weighted by Gasteiger charge is -2.19. The third kappa shape index (κ3) is 5.36. The molecule has 2 rings (SSSR count). The fourth-order valence-corrected chi connectivity index (χ4v) is 4.65. The molecule has 0 aliphatic heterocycles. The Morgan fingerprint density at radius 1 is 0.966 bits per heavy atom. The predicted molar refractivity (Wildman–Crippen MR) is 115 cm³/mol. The molecule has 2 aromatic rings. The second kappa shape index (κ2) is 8.97. The van der Waals surface area contributed by atoms with E-state index in [9.17, 15) is 13.2 Å². The molecule has 0 spiro atoms. The lowest BCUT2D eigenvalue weighted by atomic mass is 9.96. The van der Waals surface area contributed by atoms with Gasteiger partial charge in [0.15, 0.2) is 0 Å². The molecule has 0 radical (unpaired) electrons. The van der Waals surface area contributed by atoms with Crippen molar-refractivity contribution in [2.24, 2.45) is 0 Å². The molecule has 0 saturated carbocycles. The first-order valence-corrected chi connectivity index (χ1v) is 11.0.